The van der Waals surface area contributed by atoms with Crippen LogP contribution in [-0.2, 0) is 0 Å². The van der Waals surface area contributed by atoms with E-state index < -0.39 is 0 Å². The van der Waals surface area contributed by atoms with Crippen LogP contribution in [0, 0.1) is 130 Å². The van der Waals surface area contributed by atoms with E-state index in [0.717, 1.165) is 130 Å². The Hall–Kier alpha value is 0. The molecule has 0 aromatic carbocycles. The third-order valence-corrected chi connectivity index (χ3v) is 17.9. The number of rotatable bonds is 21. The first-order valence-electron chi connectivity index (χ1n) is 20.9. The van der Waals surface area contributed by atoms with E-state index in [1.54, 1.807) is 0 Å². The molecule has 0 aliphatic rings. The molecule has 0 aromatic rings. The predicted molar refractivity (Wildman–Crippen MR) is 213 cm³/mol. The first-order chi connectivity index (χ1) is 20.9. The Bertz CT molecular complexity index is 728. The monoisotopic (exact) mass is 647 g/mol. The zero-order valence-electron chi connectivity index (χ0n) is 36.7. The third kappa shape index (κ3) is 11.5. The Balaban J connectivity index is 5.51. The van der Waals surface area contributed by atoms with Crippen LogP contribution in [0.25, 0.3) is 0 Å². The zero-order valence-corrected chi connectivity index (χ0v) is 36.7. The average Bonchev–Trinajstić information content (AvgIpc) is 3.04. The number of hydrogen-bond donors (Lipinski definition) is 0. The first-order valence-corrected chi connectivity index (χ1v) is 20.9. The van der Waals surface area contributed by atoms with Gasteiger partial charge < -0.3 is 0 Å². The quantitative estimate of drug-likeness (QED) is 0.116. The molecular weight excluding hydrogens is 553 g/mol. The van der Waals surface area contributed by atoms with Gasteiger partial charge in [-0.25, -0.2) is 0 Å². The highest BCUT2D eigenvalue weighted by Gasteiger charge is 2.39. The minimum Gasteiger partial charge on any atom is -0.0625 e. The molecule has 0 saturated heterocycles. The van der Waals surface area contributed by atoms with Crippen molar-refractivity contribution in [3.8, 4) is 0 Å². The van der Waals surface area contributed by atoms with Crippen molar-refractivity contribution < 1.29 is 0 Å². The number of hydrogen-bond acceptors (Lipinski definition) is 0. The van der Waals surface area contributed by atoms with Crippen molar-refractivity contribution in [2.24, 2.45) is 130 Å². The molecule has 0 fully saturated rings. The molecule has 0 spiro atoms. The summed E-state index contributed by atoms with van der Waals surface area (Å²) in [4.78, 5) is 0. The van der Waals surface area contributed by atoms with E-state index in [2.05, 4.69) is 166 Å². The Morgan fingerprint density at radius 1 is 0.109 bits per heavy atom. The van der Waals surface area contributed by atoms with E-state index in [1.165, 1.54) is 0 Å². The highest BCUT2D eigenvalue weighted by atomic mass is 14.4. The van der Waals surface area contributed by atoms with Gasteiger partial charge in [0.2, 0.25) is 0 Å². The summed E-state index contributed by atoms with van der Waals surface area (Å²) in [6.07, 6.45) is 0. The zero-order chi connectivity index (χ0) is 36.7. The standard InChI is InChI=1S/C46H94/c1-25(2)27(5)29(7)31(9)33(11)35(13)37(15)39(17)41(19)43(21)45(23)46(24)44(22)42(20)40(18)38(16)36(14)34(12)32(10)30(8)28(6)26(3)4/h25-46H,1-24H3. The average molecular weight is 647 g/mol. The smallest absolute Gasteiger partial charge is 0.0386 e. The first kappa shape index (κ1) is 46.0. The van der Waals surface area contributed by atoms with E-state index in [0.29, 0.717) is 0 Å². The maximum absolute atomic E-state index is 2.59. The van der Waals surface area contributed by atoms with Crippen LogP contribution in [0.2, 0.25) is 0 Å². The third-order valence-electron chi connectivity index (χ3n) is 17.9. The molecule has 278 valence electrons. The van der Waals surface area contributed by atoms with Crippen molar-refractivity contribution >= 4 is 0 Å². The molecule has 0 saturated carbocycles. The highest BCUT2D eigenvalue weighted by molar-refractivity contribution is 4.88. The predicted octanol–water partition coefficient (Wildman–Crippen LogP) is 15.0. The molecule has 0 aliphatic heterocycles. The van der Waals surface area contributed by atoms with Gasteiger partial charge in [-0.05, 0) is 130 Å². The fraction of sp³-hybridized carbons (Fsp3) is 1.00. The second-order valence-corrected chi connectivity index (χ2v) is 19.7. The molecule has 0 rings (SSSR count). The molecule has 0 aliphatic carbocycles. The lowest BCUT2D eigenvalue weighted by atomic mass is 9.61. The van der Waals surface area contributed by atoms with Crippen LogP contribution in [0.3, 0.4) is 0 Å². The Morgan fingerprint density at radius 2 is 0.174 bits per heavy atom. The molecule has 0 bridgehead atoms. The molecule has 20 unspecified atom stereocenters. The van der Waals surface area contributed by atoms with Gasteiger partial charge in [-0.3, -0.25) is 0 Å². The molecular formula is C46H94. The van der Waals surface area contributed by atoms with Gasteiger partial charge in [-0.1, -0.05) is 166 Å². The minimum absolute atomic E-state index is 0.734. The van der Waals surface area contributed by atoms with Crippen LogP contribution in [0.15, 0.2) is 0 Å². The SMILES string of the molecule is CC(C)C(C)C(C)C(C)C(C)C(C)C(C)C(C)C(C)C(C)C(C)C(C)C(C)C(C)C(C)C(C)C(C)C(C)C(C)C(C)C(C)C(C)C. The van der Waals surface area contributed by atoms with Crippen LogP contribution in [-0.4, -0.2) is 0 Å². The van der Waals surface area contributed by atoms with Crippen LogP contribution >= 0.6 is 0 Å². The van der Waals surface area contributed by atoms with Crippen molar-refractivity contribution in [3.05, 3.63) is 0 Å². The molecule has 0 heteroatoms. The lowest BCUT2D eigenvalue weighted by molar-refractivity contribution is 0.0445. The van der Waals surface area contributed by atoms with Crippen LogP contribution in [0.1, 0.15) is 166 Å². The summed E-state index contributed by atoms with van der Waals surface area (Å²) in [6.45, 7) is 60.8. The van der Waals surface area contributed by atoms with Gasteiger partial charge in [0.1, 0.15) is 0 Å². The molecule has 0 heterocycles. The second kappa shape index (κ2) is 20.0. The Morgan fingerprint density at radius 3 is 0.239 bits per heavy atom. The second-order valence-electron chi connectivity index (χ2n) is 19.7. The van der Waals surface area contributed by atoms with E-state index in [9.17, 15) is 0 Å². The van der Waals surface area contributed by atoms with Gasteiger partial charge in [0.25, 0.3) is 0 Å². The van der Waals surface area contributed by atoms with Crippen molar-refractivity contribution in [1.29, 1.82) is 0 Å². The lowest BCUT2D eigenvalue weighted by Gasteiger charge is -2.44. The molecule has 46 heavy (non-hydrogen) atoms. The van der Waals surface area contributed by atoms with E-state index >= 15 is 0 Å². The van der Waals surface area contributed by atoms with Crippen LogP contribution in [0.4, 0.5) is 0 Å². The molecule has 20 atom stereocenters. The molecule has 0 aromatic heterocycles. The molecule has 0 N–H and O–H groups in total. The van der Waals surface area contributed by atoms with Crippen LogP contribution < -0.4 is 0 Å². The lowest BCUT2D eigenvalue weighted by Crippen LogP contribution is -2.38. The normalized spacial score (nSPS) is 26.2. The van der Waals surface area contributed by atoms with E-state index in [4.69, 9.17) is 0 Å². The highest BCUT2D eigenvalue weighted by Crippen LogP contribution is 2.45. The summed E-state index contributed by atoms with van der Waals surface area (Å²) in [6, 6.07) is 0. The summed E-state index contributed by atoms with van der Waals surface area (Å²) in [5.74, 6) is 16.6. The summed E-state index contributed by atoms with van der Waals surface area (Å²) < 4.78 is 0. The Labute approximate surface area is 295 Å². The summed E-state index contributed by atoms with van der Waals surface area (Å²) in [5, 5.41) is 0. The van der Waals surface area contributed by atoms with Crippen molar-refractivity contribution in [1.82, 2.24) is 0 Å². The summed E-state index contributed by atoms with van der Waals surface area (Å²) in [5.41, 5.74) is 0. The molecule has 0 radical (unpaired) electrons. The van der Waals surface area contributed by atoms with E-state index in [1.807, 2.05) is 0 Å². The summed E-state index contributed by atoms with van der Waals surface area (Å²) >= 11 is 0. The summed E-state index contributed by atoms with van der Waals surface area (Å²) in [7, 11) is 0. The van der Waals surface area contributed by atoms with Gasteiger partial charge in [0.05, 0.1) is 0 Å². The van der Waals surface area contributed by atoms with Gasteiger partial charge >= 0.3 is 0 Å². The van der Waals surface area contributed by atoms with Crippen molar-refractivity contribution in [3.63, 3.8) is 0 Å². The minimum atomic E-state index is 0.734. The maximum atomic E-state index is 2.59. The van der Waals surface area contributed by atoms with Crippen molar-refractivity contribution in [2.75, 3.05) is 0 Å². The van der Waals surface area contributed by atoms with Crippen molar-refractivity contribution in [2.45, 2.75) is 166 Å². The van der Waals surface area contributed by atoms with Crippen LogP contribution in [0.5, 0.6) is 0 Å². The fourth-order valence-corrected chi connectivity index (χ4v) is 9.83. The van der Waals surface area contributed by atoms with Gasteiger partial charge in [0.15, 0.2) is 0 Å². The van der Waals surface area contributed by atoms with Gasteiger partial charge in [-0.2, -0.15) is 0 Å². The maximum Gasteiger partial charge on any atom is -0.0386 e. The topological polar surface area (TPSA) is 0 Å². The Kier molecular flexibility index (Phi) is 20.0. The molecule has 0 nitrogen and oxygen atoms in total. The van der Waals surface area contributed by atoms with Gasteiger partial charge in [-0.15, -0.1) is 0 Å². The fourth-order valence-electron chi connectivity index (χ4n) is 9.83. The van der Waals surface area contributed by atoms with E-state index in [-0.39, 0.29) is 0 Å². The molecule has 0 amide bonds. The van der Waals surface area contributed by atoms with Gasteiger partial charge in [0, 0.05) is 0 Å². The largest absolute Gasteiger partial charge is 0.0625 e.